The molecule has 0 fully saturated rings. The summed E-state index contributed by atoms with van der Waals surface area (Å²) in [5.74, 6) is -0.454. The third-order valence-electron chi connectivity index (χ3n) is 2.19. The summed E-state index contributed by atoms with van der Waals surface area (Å²) in [4.78, 5) is 24.7. The lowest BCUT2D eigenvalue weighted by Crippen LogP contribution is -2.22. The number of anilines is 1. The van der Waals surface area contributed by atoms with Crippen LogP contribution in [0.15, 0.2) is 30.4 Å². The Bertz CT molecular complexity index is 496. The first-order valence-electron chi connectivity index (χ1n) is 5.40. The summed E-state index contributed by atoms with van der Waals surface area (Å²) < 4.78 is 0. The molecule has 0 radical (unpaired) electrons. The number of nitrogens with one attached hydrogen (secondary N) is 1. The first kappa shape index (κ1) is 14.3. The number of carbonyl (C=O) groups is 2. The van der Waals surface area contributed by atoms with Crippen LogP contribution in [0.2, 0.25) is 5.02 Å². The van der Waals surface area contributed by atoms with Crippen molar-refractivity contribution in [3.05, 3.63) is 40.9 Å². The number of allylic oxidation sites excluding steroid dienone is 1. The number of halogens is 1. The minimum Gasteiger partial charge on any atom is -0.345 e. The van der Waals surface area contributed by atoms with E-state index in [1.54, 1.807) is 45.3 Å². The van der Waals surface area contributed by atoms with E-state index in [1.165, 1.54) is 11.0 Å². The average Bonchev–Trinajstić information content (AvgIpc) is 2.31. The van der Waals surface area contributed by atoms with E-state index in [1.807, 2.05) is 0 Å². The fraction of sp³-hybridized carbons (Fsp3) is 0.231. The van der Waals surface area contributed by atoms with Crippen LogP contribution in [0.4, 0.5) is 5.69 Å². The van der Waals surface area contributed by atoms with Crippen molar-refractivity contribution in [2.24, 2.45) is 0 Å². The predicted molar refractivity (Wildman–Crippen MR) is 72.9 cm³/mol. The lowest BCUT2D eigenvalue weighted by molar-refractivity contribution is -0.111. The van der Waals surface area contributed by atoms with E-state index >= 15 is 0 Å². The van der Waals surface area contributed by atoms with Crippen LogP contribution in [0.3, 0.4) is 0 Å². The number of rotatable bonds is 3. The van der Waals surface area contributed by atoms with Crippen molar-refractivity contribution in [3.8, 4) is 0 Å². The summed E-state index contributed by atoms with van der Waals surface area (Å²) in [5, 5.41) is 3.01. The van der Waals surface area contributed by atoms with E-state index in [9.17, 15) is 9.59 Å². The number of nitrogens with zero attached hydrogens (tertiary/aromatic N) is 1. The van der Waals surface area contributed by atoms with E-state index < -0.39 is 0 Å². The third-order valence-corrected chi connectivity index (χ3v) is 2.52. The molecule has 1 N–H and O–H groups in total. The molecule has 5 heteroatoms. The Morgan fingerprint density at radius 3 is 2.56 bits per heavy atom. The summed E-state index contributed by atoms with van der Waals surface area (Å²) in [7, 11) is 3.29. The van der Waals surface area contributed by atoms with Crippen molar-refractivity contribution in [3.63, 3.8) is 0 Å². The lowest BCUT2D eigenvalue weighted by Gasteiger charge is -2.12. The van der Waals surface area contributed by atoms with Gasteiger partial charge in [0.1, 0.15) is 0 Å². The van der Waals surface area contributed by atoms with Crippen molar-refractivity contribution >= 4 is 29.1 Å². The molecule has 0 atom stereocenters. The highest BCUT2D eigenvalue weighted by Gasteiger charge is 2.13. The molecule has 96 valence electrons. The van der Waals surface area contributed by atoms with Crippen molar-refractivity contribution < 1.29 is 9.59 Å². The van der Waals surface area contributed by atoms with Crippen molar-refractivity contribution in [2.75, 3.05) is 19.4 Å². The van der Waals surface area contributed by atoms with Crippen LogP contribution in [0.1, 0.15) is 17.3 Å². The normalized spacial score (nSPS) is 10.4. The fourth-order valence-electron chi connectivity index (χ4n) is 1.34. The zero-order valence-corrected chi connectivity index (χ0v) is 11.3. The molecule has 1 aromatic carbocycles. The molecule has 0 aromatic heterocycles. The second-order valence-corrected chi connectivity index (χ2v) is 4.29. The number of carbonyl (C=O) groups excluding carboxylic acids is 2. The average molecular weight is 267 g/mol. The lowest BCUT2D eigenvalue weighted by atomic mass is 10.1. The minimum atomic E-state index is -0.247. The number of hydrogen-bond acceptors (Lipinski definition) is 2. The van der Waals surface area contributed by atoms with Gasteiger partial charge in [0, 0.05) is 19.8 Å². The quantitative estimate of drug-likeness (QED) is 0.855. The highest BCUT2D eigenvalue weighted by Crippen LogP contribution is 2.21. The second kappa shape index (κ2) is 6.21. The maximum atomic E-state index is 11.8. The molecule has 18 heavy (non-hydrogen) atoms. The zero-order chi connectivity index (χ0) is 13.7. The summed E-state index contributed by atoms with van der Waals surface area (Å²) in [6, 6.07) is 4.80. The van der Waals surface area contributed by atoms with Gasteiger partial charge in [0.15, 0.2) is 0 Å². The molecule has 0 spiro atoms. The molecule has 0 saturated carbocycles. The number of benzene rings is 1. The number of amides is 2. The van der Waals surface area contributed by atoms with E-state index in [4.69, 9.17) is 11.6 Å². The fourth-order valence-corrected chi connectivity index (χ4v) is 1.54. The first-order valence-corrected chi connectivity index (χ1v) is 5.78. The SMILES string of the molecule is CC=CC(=O)Nc1ccc(Cl)c(C(=O)N(C)C)c1. The van der Waals surface area contributed by atoms with Gasteiger partial charge in [-0.1, -0.05) is 17.7 Å². The molecule has 1 rings (SSSR count). The van der Waals surface area contributed by atoms with Crippen LogP contribution < -0.4 is 5.32 Å². The molecule has 0 bridgehead atoms. The third kappa shape index (κ3) is 3.60. The molecule has 2 amide bonds. The van der Waals surface area contributed by atoms with Crippen LogP contribution >= 0.6 is 11.6 Å². The van der Waals surface area contributed by atoms with E-state index in [0.717, 1.165) is 0 Å². The molecule has 1 aromatic rings. The van der Waals surface area contributed by atoms with Crippen molar-refractivity contribution in [1.82, 2.24) is 4.90 Å². The minimum absolute atomic E-state index is 0.206. The van der Waals surface area contributed by atoms with Gasteiger partial charge in [-0.05, 0) is 31.2 Å². The van der Waals surface area contributed by atoms with Gasteiger partial charge in [0.25, 0.3) is 5.91 Å². The number of hydrogen-bond donors (Lipinski definition) is 1. The summed E-state index contributed by atoms with van der Waals surface area (Å²) in [6.45, 7) is 1.75. The zero-order valence-electron chi connectivity index (χ0n) is 10.5. The second-order valence-electron chi connectivity index (χ2n) is 3.88. The van der Waals surface area contributed by atoms with Crippen LogP contribution in [-0.4, -0.2) is 30.8 Å². The van der Waals surface area contributed by atoms with Crippen molar-refractivity contribution in [1.29, 1.82) is 0 Å². The van der Waals surface area contributed by atoms with Gasteiger partial charge in [0.05, 0.1) is 10.6 Å². The summed E-state index contributed by atoms with van der Waals surface area (Å²) in [6.07, 6.45) is 3.04. The Balaban J connectivity index is 3.01. The van der Waals surface area contributed by atoms with Crippen LogP contribution in [0, 0.1) is 0 Å². The maximum Gasteiger partial charge on any atom is 0.254 e. The van der Waals surface area contributed by atoms with E-state index in [0.29, 0.717) is 16.3 Å². The van der Waals surface area contributed by atoms with Crippen LogP contribution in [0.25, 0.3) is 0 Å². The molecule has 4 nitrogen and oxygen atoms in total. The van der Waals surface area contributed by atoms with Gasteiger partial charge in [-0.3, -0.25) is 9.59 Å². The summed E-state index contributed by atoms with van der Waals surface area (Å²) >= 11 is 5.96. The van der Waals surface area contributed by atoms with Gasteiger partial charge < -0.3 is 10.2 Å². The van der Waals surface area contributed by atoms with Crippen LogP contribution in [-0.2, 0) is 4.79 Å². The molecule has 0 unspecified atom stereocenters. The van der Waals surface area contributed by atoms with Gasteiger partial charge >= 0.3 is 0 Å². The molecular formula is C13H15ClN2O2. The molecule has 0 aliphatic heterocycles. The maximum absolute atomic E-state index is 11.8. The summed E-state index contributed by atoms with van der Waals surface area (Å²) in [5.41, 5.74) is 0.896. The Morgan fingerprint density at radius 1 is 1.33 bits per heavy atom. The Labute approximate surface area is 111 Å². The van der Waals surface area contributed by atoms with Gasteiger partial charge in [-0.25, -0.2) is 0 Å². The molecule has 0 aliphatic carbocycles. The smallest absolute Gasteiger partial charge is 0.254 e. The van der Waals surface area contributed by atoms with Crippen LogP contribution in [0.5, 0.6) is 0 Å². The molecule has 0 aliphatic rings. The molecular weight excluding hydrogens is 252 g/mol. The largest absolute Gasteiger partial charge is 0.345 e. The predicted octanol–water partition coefficient (Wildman–Crippen LogP) is 2.56. The van der Waals surface area contributed by atoms with E-state index in [-0.39, 0.29) is 11.8 Å². The van der Waals surface area contributed by atoms with Gasteiger partial charge in [-0.15, -0.1) is 0 Å². The topological polar surface area (TPSA) is 49.4 Å². The van der Waals surface area contributed by atoms with Crippen molar-refractivity contribution in [2.45, 2.75) is 6.92 Å². The Hall–Kier alpha value is -1.81. The van der Waals surface area contributed by atoms with Gasteiger partial charge in [-0.2, -0.15) is 0 Å². The molecule has 0 saturated heterocycles. The monoisotopic (exact) mass is 266 g/mol. The highest BCUT2D eigenvalue weighted by molar-refractivity contribution is 6.34. The Kier molecular flexibility index (Phi) is 4.92. The van der Waals surface area contributed by atoms with Gasteiger partial charge in [0.2, 0.25) is 5.91 Å². The standard InChI is InChI=1S/C13H15ClN2O2/c1-4-5-12(17)15-9-6-7-11(14)10(8-9)13(18)16(2)3/h4-8H,1-3H3,(H,15,17). The molecule has 0 heterocycles. The van der Waals surface area contributed by atoms with E-state index in [2.05, 4.69) is 5.32 Å². The first-order chi connectivity index (χ1) is 8.45. The highest BCUT2D eigenvalue weighted by atomic mass is 35.5. The Morgan fingerprint density at radius 2 is 2.00 bits per heavy atom.